The fraction of sp³-hybridized carbons (Fsp3) is 0.333. The minimum Gasteiger partial charge on any atom is -0.419 e. The molecule has 1 aromatic heterocycles. The maximum Gasteiger partial charge on any atom is 0.277 e. The summed E-state index contributed by atoms with van der Waals surface area (Å²) in [5.41, 5.74) is 0.790. The third kappa shape index (κ3) is 4.12. The summed E-state index contributed by atoms with van der Waals surface area (Å²) < 4.78 is 33.2. The summed E-state index contributed by atoms with van der Waals surface area (Å²) in [5, 5.41) is 7.68. The molecule has 2 rings (SSSR count). The van der Waals surface area contributed by atoms with E-state index in [-0.39, 0.29) is 12.4 Å². The Hall–Kier alpha value is -1.77. The zero-order valence-electron chi connectivity index (χ0n) is 11.0. The Morgan fingerprint density at radius 3 is 2.60 bits per heavy atom. The second kappa shape index (κ2) is 6.60. The van der Waals surface area contributed by atoms with Crippen molar-refractivity contribution in [3.63, 3.8) is 0 Å². The van der Waals surface area contributed by atoms with Crippen LogP contribution in [0.4, 0.5) is 0 Å². The monoisotopic (exact) mass is 296 g/mol. The molecule has 2 N–H and O–H groups in total. The Balaban J connectivity index is 1.97. The van der Waals surface area contributed by atoms with Crippen LogP contribution >= 0.6 is 0 Å². The lowest BCUT2D eigenvalue weighted by molar-refractivity contribution is 0.492. The fourth-order valence-electron chi connectivity index (χ4n) is 1.47. The van der Waals surface area contributed by atoms with Gasteiger partial charge in [0.15, 0.2) is 0 Å². The van der Waals surface area contributed by atoms with Crippen molar-refractivity contribution in [2.45, 2.75) is 19.9 Å². The second-order valence-electron chi connectivity index (χ2n) is 4.09. The van der Waals surface area contributed by atoms with E-state index in [0.29, 0.717) is 12.4 Å². The van der Waals surface area contributed by atoms with E-state index in [9.17, 15) is 8.42 Å². The van der Waals surface area contributed by atoms with Crippen LogP contribution in [0.25, 0.3) is 11.5 Å². The summed E-state index contributed by atoms with van der Waals surface area (Å²) in [6.07, 6.45) is 0.722. The lowest BCUT2D eigenvalue weighted by Crippen LogP contribution is -2.36. The Morgan fingerprint density at radius 2 is 1.90 bits per heavy atom. The van der Waals surface area contributed by atoms with Gasteiger partial charge in [-0.25, -0.2) is 4.72 Å². The summed E-state index contributed by atoms with van der Waals surface area (Å²) in [5.74, 6) is 0.576. The molecular weight excluding hydrogens is 280 g/mol. The Kier molecular flexibility index (Phi) is 4.83. The predicted octanol–water partition coefficient (Wildman–Crippen LogP) is 1.07. The topological polar surface area (TPSA) is 97.1 Å². The van der Waals surface area contributed by atoms with Gasteiger partial charge in [-0.05, 0) is 18.6 Å². The number of hydrogen-bond donors (Lipinski definition) is 2. The maximum absolute atomic E-state index is 11.5. The first-order chi connectivity index (χ1) is 9.61. The minimum atomic E-state index is -3.53. The average Bonchev–Trinajstić information content (AvgIpc) is 2.93. The van der Waals surface area contributed by atoms with Gasteiger partial charge in [0.2, 0.25) is 11.8 Å². The van der Waals surface area contributed by atoms with E-state index in [1.54, 1.807) is 0 Å². The fourth-order valence-corrected chi connectivity index (χ4v) is 2.36. The molecular formula is C12H16N4O3S. The van der Waals surface area contributed by atoms with Gasteiger partial charge in [-0.2, -0.15) is 13.1 Å². The highest BCUT2D eigenvalue weighted by atomic mass is 32.2. The van der Waals surface area contributed by atoms with E-state index < -0.39 is 10.2 Å². The molecule has 1 aromatic carbocycles. The molecule has 0 unspecified atom stereocenters. The first-order valence-electron chi connectivity index (χ1n) is 6.23. The highest BCUT2D eigenvalue weighted by molar-refractivity contribution is 7.87. The molecule has 0 aliphatic rings. The number of nitrogens with zero attached hydrogens (tertiary/aromatic N) is 2. The van der Waals surface area contributed by atoms with Gasteiger partial charge in [0.1, 0.15) is 0 Å². The van der Waals surface area contributed by atoms with Crippen LogP contribution in [0.1, 0.15) is 19.2 Å². The molecule has 0 radical (unpaired) electrons. The van der Waals surface area contributed by atoms with Crippen LogP contribution < -0.4 is 9.44 Å². The first kappa shape index (κ1) is 14.6. The molecule has 1 heterocycles. The molecule has 0 amide bonds. The molecule has 0 aliphatic heterocycles. The predicted molar refractivity (Wildman–Crippen MR) is 73.8 cm³/mol. The molecule has 0 saturated carbocycles. The van der Waals surface area contributed by atoms with Crippen molar-refractivity contribution in [2.75, 3.05) is 6.54 Å². The Bertz CT molecular complexity index is 640. The number of benzene rings is 1. The van der Waals surface area contributed by atoms with Gasteiger partial charge >= 0.3 is 0 Å². The van der Waals surface area contributed by atoms with E-state index in [1.165, 1.54) is 0 Å². The van der Waals surface area contributed by atoms with Gasteiger partial charge in [0.05, 0.1) is 6.54 Å². The lowest BCUT2D eigenvalue weighted by Gasteiger charge is -2.04. The van der Waals surface area contributed by atoms with Gasteiger partial charge in [-0.1, -0.05) is 25.1 Å². The lowest BCUT2D eigenvalue weighted by atomic mass is 10.2. The van der Waals surface area contributed by atoms with Crippen molar-refractivity contribution in [1.82, 2.24) is 19.6 Å². The quantitative estimate of drug-likeness (QED) is 0.796. The van der Waals surface area contributed by atoms with E-state index in [4.69, 9.17) is 4.42 Å². The van der Waals surface area contributed by atoms with E-state index in [1.807, 2.05) is 37.3 Å². The third-order valence-corrected chi connectivity index (χ3v) is 3.55. The number of nitrogens with one attached hydrogen (secondary N) is 2. The number of aromatic nitrogens is 2. The van der Waals surface area contributed by atoms with Crippen LogP contribution in [0.2, 0.25) is 0 Å². The van der Waals surface area contributed by atoms with E-state index in [0.717, 1.165) is 12.0 Å². The summed E-state index contributed by atoms with van der Waals surface area (Å²) in [7, 11) is -3.53. The van der Waals surface area contributed by atoms with E-state index >= 15 is 0 Å². The summed E-state index contributed by atoms with van der Waals surface area (Å²) >= 11 is 0. The van der Waals surface area contributed by atoms with Crippen LogP contribution in [-0.2, 0) is 16.8 Å². The first-order valence-corrected chi connectivity index (χ1v) is 7.71. The standard InChI is InChI=1S/C12H16N4O3S/c1-2-8-13-20(17,18)14-9-11-15-16-12(19-11)10-6-4-3-5-7-10/h3-7,13-14H,2,8-9H2,1H3. The molecule has 2 aromatic rings. The van der Waals surface area contributed by atoms with Crippen LogP contribution in [0, 0.1) is 0 Å². The van der Waals surface area contributed by atoms with E-state index in [2.05, 4.69) is 19.6 Å². The SMILES string of the molecule is CCCNS(=O)(=O)NCc1nnc(-c2ccccc2)o1. The molecule has 0 atom stereocenters. The van der Waals surface area contributed by atoms with Crippen LogP contribution in [-0.4, -0.2) is 25.2 Å². The van der Waals surface area contributed by atoms with Crippen molar-refractivity contribution in [1.29, 1.82) is 0 Å². The average molecular weight is 296 g/mol. The van der Waals surface area contributed by atoms with Crippen molar-refractivity contribution < 1.29 is 12.8 Å². The molecule has 108 valence electrons. The molecule has 0 saturated heterocycles. The van der Waals surface area contributed by atoms with Crippen molar-refractivity contribution in [2.24, 2.45) is 0 Å². The third-order valence-electron chi connectivity index (χ3n) is 2.44. The highest BCUT2D eigenvalue weighted by Gasteiger charge is 2.12. The van der Waals surface area contributed by atoms with Gasteiger partial charge in [-0.15, -0.1) is 10.2 Å². The summed E-state index contributed by atoms with van der Waals surface area (Å²) in [6.45, 7) is 2.22. The maximum atomic E-state index is 11.5. The smallest absolute Gasteiger partial charge is 0.277 e. The zero-order valence-corrected chi connectivity index (χ0v) is 11.9. The van der Waals surface area contributed by atoms with Gasteiger partial charge in [-0.3, -0.25) is 0 Å². The molecule has 20 heavy (non-hydrogen) atoms. The minimum absolute atomic E-state index is 0.0428. The van der Waals surface area contributed by atoms with Crippen LogP contribution in [0.5, 0.6) is 0 Å². The highest BCUT2D eigenvalue weighted by Crippen LogP contribution is 2.16. The van der Waals surface area contributed by atoms with Gasteiger partial charge < -0.3 is 4.42 Å². The second-order valence-corrected chi connectivity index (χ2v) is 5.67. The largest absolute Gasteiger partial charge is 0.419 e. The Morgan fingerprint density at radius 1 is 1.15 bits per heavy atom. The molecule has 0 spiro atoms. The molecule has 0 fully saturated rings. The molecule has 0 aliphatic carbocycles. The summed E-state index contributed by atoms with van der Waals surface area (Å²) in [4.78, 5) is 0. The van der Waals surface area contributed by atoms with Crippen LogP contribution in [0.3, 0.4) is 0 Å². The van der Waals surface area contributed by atoms with Crippen molar-refractivity contribution in [3.05, 3.63) is 36.2 Å². The van der Waals surface area contributed by atoms with Crippen molar-refractivity contribution >= 4 is 10.2 Å². The number of rotatable bonds is 7. The molecule has 0 bridgehead atoms. The molecule has 8 heteroatoms. The Labute approximate surface area is 117 Å². The van der Waals surface area contributed by atoms with Crippen LogP contribution in [0.15, 0.2) is 34.7 Å². The zero-order chi connectivity index (χ0) is 14.4. The molecule has 7 nitrogen and oxygen atoms in total. The van der Waals surface area contributed by atoms with Crippen molar-refractivity contribution in [3.8, 4) is 11.5 Å². The number of hydrogen-bond acceptors (Lipinski definition) is 5. The summed E-state index contributed by atoms with van der Waals surface area (Å²) in [6, 6.07) is 9.27. The van der Waals surface area contributed by atoms with Gasteiger partial charge in [0.25, 0.3) is 10.2 Å². The van der Waals surface area contributed by atoms with Gasteiger partial charge in [0, 0.05) is 12.1 Å². The normalized spacial score (nSPS) is 11.7.